The number of benzene rings is 1. The second-order valence-corrected chi connectivity index (χ2v) is 3.64. The van der Waals surface area contributed by atoms with Crippen LogP contribution in [0.5, 0.6) is 0 Å². The van der Waals surface area contributed by atoms with Crippen molar-refractivity contribution in [1.29, 1.82) is 0 Å². The fourth-order valence-electron chi connectivity index (χ4n) is 1.96. The van der Waals surface area contributed by atoms with Crippen LogP contribution in [0.15, 0.2) is 30.3 Å². The smallest absolute Gasteiger partial charge is 0.237 e. The van der Waals surface area contributed by atoms with Crippen molar-refractivity contribution in [2.75, 3.05) is 6.54 Å². The minimum absolute atomic E-state index is 0.0589. The number of imide groups is 1. The second kappa shape index (κ2) is 3.85. The summed E-state index contributed by atoms with van der Waals surface area (Å²) in [5.74, 6) is -0.385. The zero-order valence-electron chi connectivity index (χ0n) is 8.64. The topological polar surface area (TPSA) is 37.4 Å². The van der Waals surface area contributed by atoms with E-state index >= 15 is 0 Å². The van der Waals surface area contributed by atoms with Crippen LogP contribution in [0.25, 0.3) is 0 Å². The van der Waals surface area contributed by atoms with E-state index in [0.29, 0.717) is 13.0 Å². The summed E-state index contributed by atoms with van der Waals surface area (Å²) in [5.41, 5.74) is 0.937. The third-order valence-corrected chi connectivity index (χ3v) is 2.76. The van der Waals surface area contributed by atoms with Crippen molar-refractivity contribution in [3.05, 3.63) is 35.9 Å². The zero-order chi connectivity index (χ0) is 10.8. The first kappa shape index (κ1) is 9.90. The van der Waals surface area contributed by atoms with Gasteiger partial charge in [0.15, 0.2) is 0 Å². The molecular weight excluding hydrogens is 190 g/mol. The summed E-state index contributed by atoms with van der Waals surface area (Å²) in [6.45, 7) is 2.30. The van der Waals surface area contributed by atoms with E-state index in [-0.39, 0.29) is 17.7 Å². The van der Waals surface area contributed by atoms with Crippen molar-refractivity contribution in [2.45, 2.75) is 19.3 Å². The number of amides is 2. The van der Waals surface area contributed by atoms with E-state index < -0.39 is 0 Å². The molecule has 0 N–H and O–H groups in total. The third kappa shape index (κ3) is 1.65. The average molecular weight is 203 g/mol. The average Bonchev–Trinajstić information content (AvgIpc) is 2.55. The minimum atomic E-state index is -0.265. The third-order valence-electron chi connectivity index (χ3n) is 2.76. The molecule has 15 heavy (non-hydrogen) atoms. The van der Waals surface area contributed by atoms with Gasteiger partial charge in [-0.3, -0.25) is 14.5 Å². The van der Waals surface area contributed by atoms with Crippen LogP contribution in [0.3, 0.4) is 0 Å². The first-order valence-electron chi connectivity index (χ1n) is 5.13. The van der Waals surface area contributed by atoms with Crippen LogP contribution in [-0.2, 0) is 9.59 Å². The fraction of sp³-hybridized carbons (Fsp3) is 0.333. The van der Waals surface area contributed by atoms with Gasteiger partial charge in [0.25, 0.3) is 0 Å². The molecule has 1 aliphatic rings. The molecule has 78 valence electrons. The van der Waals surface area contributed by atoms with E-state index in [2.05, 4.69) is 0 Å². The highest BCUT2D eigenvalue weighted by Crippen LogP contribution is 2.28. The molecule has 0 aliphatic carbocycles. The Morgan fingerprint density at radius 2 is 1.93 bits per heavy atom. The maximum Gasteiger partial charge on any atom is 0.237 e. The van der Waals surface area contributed by atoms with Crippen LogP contribution in [0, 0.1) is 0 Å². The van der Waals surface area contributed by atoms with Gasteiger partial charge in [-0.05, 0) is 12.5 Å². The highest BCUT2D eigenvalue weighted by molar-refractivity contribution is 6.06. The number of carbonyl (C=O) groups excluding carboxylic acids is 2. The van der Waals surface area contributed by atoms with Crippen molar-refractivity contribution in [1.82, 2.24) is 4.90 Å². The molecule has 1 heterocycles. The van der Waals surface area contributed by atoms with Gasteiger partial charge in [-0.2, -0.15) is 0 Å². The lowest BCUT2D eigenvalue weighted by Gasteiger charge is -2.11. The van der Waals surface area contributed by atoms with Crippen LogP contribution >= 0.6 is 0 Å². The predicted octanol–water partition coefficient (Wildman–Crippen LogP) is 1.55. The molecule has 0 bridgehead atoms. The van der Waals surface area contributed by atoms with Crippen LogP contribution in [0.1, 0.15) is 24.8 Å². The summed E-state index contributed by atoms with van der Waals surface area (Å²) in [6, 6.07) is 9.48. The number of carbonyl (C=O) groups is 2. The van der Waals surface area contributed by atoms with E-state index in [1.807, 2.05) is 37.3 Å². The molecule has 0 radical (unpaired) electrons. The molecule has 1 saturated heterocycles. The summed E-state index contributed by atoms with van der Waals surface area (Å²) in [6.07, 6.45) is 0.316. The summed E-state index contributed by atoms with van der Waals surface area (Å²) in [5, 5.41) is 0. The zero-order valence-corrected chi connectivity index (χ0v) is 8.64. The molecule has 1 atom stereocenters. The standard InChI is InChI=1S/C12H13NO2/c1-2-13-11(14)8-10(12(13)15)9-6-4-3-5-7-9/h3-7,10H,2,8H2,1H3. The number of likely N-dealkylation sites (N-methyl/N-ethyl adjacent to an activating group) is 1. The molecule has 0 aromatic heterocycles. The largest absolute Gasteiger partial charge is 0.282 e. The van der Waals surface area contributed by atoms with Gasteiger partial charge in [0.05, 0.1) is 5.92 Å². The van der Waals surface area contributed by atoms with Crippen molar-refractivity contribution >= 4 is 11.8 Å². The lowest BCUT2D eigenvalue weighted by atomic mass is 9.98. The fourth-order valence-corrected chi connectivity index (χ4v) is 1.96. The van der Waals surface area contributed by atoms with E-state index in [1.165, 1.54) is 4.90 Å². The minimum Gasteiger partial charge on any atom is -0.282 e. The number of likely N-dealkylation sites (tertiary alicyclic amines) is 1. The van der Waals surface area contributed by atoms with E-state index in [1.54, 1.807) is 0 Å². The van der Waals surface area contributed by atoms with Crippen LogP contribution in [0.4, 0.5) is 0 Å². The van der Waals surface area contributed by atoms with Gasteiger partial charge in [-0.1, -0.05) is 30.3 Å². The maximum atomic E-state index is 11.9. The molecule has 2 rings (SSSR count). The number of hydrogen-bond donors (Lipinski definition) is 0. The predicted molar refractivity (Wildman–Crippen MR) is 56.2 cm³/mol. The number of nitrogens with zero attached hydrogens (tertiary/aromatic N) is 1. The Hall–Kier alpha value is -1.64. The Labute approximate surface area is 88.7 Å². The van der Waals surface area contributed by atoms with Gasteiger partial charge in [0.2, 0.25) is 11.8 Å². The molecular formula is C12H13NO2. The van der Waals surface area contributed by atoms with Gasteiger partial charge in [-0.25, -0.2) is 0 Å². The van der Waals surface area contributed by atoms with E-state index in [9.17, 15) is 9.59 Å². The Kier molecular flexibility index (Phi) is 2.54. The highest BCUT2D eigenvalue weighted by atomic mass is 16.2. The lowest BCUT2D eigenvalue weighted by Crippen LogP contribution is -2.29. The second-order valence-electron chi connectivity index (χ2n) is 3.64. The van der Waals surface area contributed by atoms with Gasteiger partial charge in [-0.15, -0.1) is 0 Å². The molecule has 0 spiro atoms. The molecule has 1 aromatic rings. The molecule has 3 heteroatoms. The SMILES string of the molecule is CCN1C(=O)CC(c2ccccc2)C1=O. The number of hydrogen-bond acceptors (Lipinski definition) is 2. The van der Waals surface area contributed by atoms with E-state index in [0.717, 1.165) is 5.56 Å². The van der Waals surface area contributed by atoms with Crippen molar-refractivity contribution in [2.24, 2.45) is 0 Å². The summed E-state index contributed by atoms with van der Waals surface area (Å²) in [7, 11) is 0. The first-order valence-corrected chi connectivity index (χ1v) is 5.13. The molecule has 1 aliphatic heterocycles. The molecule has 3 nitrogen and oxygen atoms in total. The molecule has 2 amide bonds. The van der Waals surface area contributed by atoms with E-state index in [4.69, 9.17) is 0 Å². The van der Waals surface area contributed by atoms with Gasteiger partial charge in [0.1, 0.15) is 0 Å². The Bertz CT molecular complexity index is 386. The van der Waals surface area contributed by atoms with Crippen LogP contribution < -0.4 is 0 Å². The van der Waals surface area contributed by atoms with Crippen LogP contribution in [-0.4, -0.2) is 23.3 Å². The van der Waals surface area contributed by atoms with Crippen molar-refractivity contribution < 1.29 is 9.59 Å². The lowest BCUT2D eigenvalue weighted by molar-refractivity contribution is -0.138. The molecule has 1 aromatic carbocycles. The van der Waals surface area contributed by atoms with Crippen molar-refractivity contribution in [3.8, 4) is 0 Å². The molecule has 1 fully saturated rings. The Balaban J connectivity index is 2.27. The number of rotatable bonds is 2. The maximum absolute atomic E-state index is 11.9. The van der Waals surface area contributed by atoms with Crippen molar-refractivity contribution in [3.63, 3.8) is 0 Å². The first-order chi connectivity index (χ1) is 7.24. The molecule has 0 saturated carbocycles. The van der Waals surface area contributed by atoms with Gasteiger partial charge in [0, 0.05) is 13.0 Å². The highest BCUT2D eigenvalue weighted by Gasteiger charge is 2.38. The monoisotopic (exact) mass is 203 g/mol. The summed E-state index contributed by atoms with van der Waals surface area (Å²) in [4.78, 5) is 24.7. The van der Waals surface area contributed by atoms with Gasteiger partial charge < -0.3 is 0 Å². The molecule has 1 unspecified atom stereocenters. The Morgan fingerprint density at radius 1 is 1.27 bits per heavy atom. The quantitative estimate of drug-likeness (QED) is 0.684. The summed E-state index contributed by atoms with van der Waals surface area (Å²) < 4.78 is 0. The van der Waals surface area contributed by atoms with Crippen LogP contribution in [0.2, 0.25) is 0 Å². The normalized spacial score (nSPS) is 21.1. The Morgan fingerprint density at radius 3 is 2.47 bits per heavy atom. The summed E-state index contributed by atoms with van der Waals surface area (Å²) >= 11 is 0. The van der Waals surface area contributed by atoms with Gasteiger partial charge >= 0.3 is 0 Å².